The number of rotatable bonds is 2. The molecule has 2 N–H and O–H groups in total. The van der Waals surface area contributed by atoms with Crippen LogP contribution in [0.4, 0.5) is 5.69 Å². The summed E-state index contributed by atoms with van der Waals surface area (Å²) in [7, 11) is 0. The fourth-order valence-electron chi connectivity index (χ4n) is 3.02. The summed E-state index contributed by atoms with van der Waals surface area (Å²) in [5.41, 5.74) is 1.31. The Morgan fingerprint density at radius 1 is 0.708 bits per heavy atom. The molecule has 4 aromatic carbocycles. The van der Waals surface area contributed by atoms with E-state index in [2.05, 4.69) is 5.32 Å². The van der Waals surface area contributed by atoms with Gasteiger partial charge in [0.2, 0.25) is 0 Å². The highest BCUT2D eigenvalue weighted by Gasteiger charge is 2.12. The number of benzene rings is 4. The lowest BCUT2D eigenvalue weighted by molar-refractivity contribution is 0.102. The van der Waals surface area contributed by atoms with E-state index in [0.717, 1.165) is 16.2 Å². The van der Waals surface area contributed by atoms with E-state index in [1.807, 2.05) is 66.7 Å². The third kappa shape index (κ3) is 2.36. The van der Waals surface area contributed by atoms with E-state index in [1.54, 1.807) is 12.1 Å². The summed E-state index contributed by atoms with van der Waals surface area (Å²) in [6.45, 7) is 0. The number of phenols is 1. The highest BCUT2D eigenvalue weighted by molar-refractivity contribution is 6.15. The molecule has 4 aromatic rings. The second-order valence-corrected chi connectivity index (χ2v) is 5.66. The Morgan fingerprint density at radius 2 is 1.38 bits per heavy atom. The number of fused-ring (bicyclic) bond motifs is 2. The van der Waals surface area contributed by atoms with E-state index in [-0.39, 0.29) is 11.7 Å². The van der Waals surface area contributed by atoms with Crippen LogP contribution in [0.3, 0.4) is 0 Å². The zero-order valence-electron chi connectivity index (χ0n) is 12.9. The molecule has 0 aromatic heterocycles. The maximum atomic E-state index is 12.8. The highest BCUT2D eigenvalue weighted by Crippen LogP contribution is 2.30. The number of carbonyl (C=O) groups excluding carboxylic acids is 1. The van der Waals surface area contributed by atoms with Gasteiger partial charge in [-0.1, -0.05) is 60.7 Å². The smallest absolute Gasteiger partial charge is 0.256 e. The molecule has 0 atom stereocenters. The molecule has 0 unspecified atom stereocenters. The van der Waals surface area contributed by atoms with Gasteiger partial charge in [-0.15, -0.1) is 0 Å². The van der Waals surface area contributed by atoms with Crippen molar-refractivity contribution < 1.29 is 9.90 Å². The summed E-state index contributed by atoms with van der Waals surface area (Å²) < 4.78 is 0. The number of phenolic OH excluding ortho intramolecular Hbond substituents is 1. The molecule has 4 rings (SSSR count). The Kier molecular flexibility index (Phi) is 3.39. The second-order valence-electron chi connectivity index (χ2n) is 5.66. The van der Waals surface area contributed by atoms with Crippen molar-refractivity contribution in [1.82, 2.24) is 0 Å². The number of hydrogen-bond acceptors (Lipinski definition) is 2. The fourth-order valence-corrected chi connectivity index (χ4v) is 3.02. The van der Waals surface area contributed by atoms with Gasteiger partial charge in [-0.05, 0) is 29.0 Å². The molecule has 0 aliphatic rings. The quantitative estimate of drug-likeness (QED) is 0.550. The van der Waals surface area contributed by atoms with Gasteiger partial charge in [-0.25, -0.2) is 0 Å². The zero-order chi connectivity index (χ0) is 16.5. The largest absolute Gasteiger partial charge is 0.507 e. The SMILES string of the molecule is O=C(Nc1cccc2c(O)cccc12)c1cccc2ccccc12. The van der Waals surface area contributed by atoms with Crippen LogP contribution in [0.25, 0.3) is 21.5 Å². The predicted octanol–water partition coefficient (Wildman–Crippen LogP) is 4.95. The van der Waals surface area contributed by atoms with Crippen LogP contribution in [-0.4, -0.2) is 11.0 Å². The van der Waals surface area contributed by atoms with Gasteiger partial charge in [-0.3, -0.25) is 4.79 Å². The van der Waals surface area contributed by atoms with Crippen LogP contribution < -0.4 is 5.32 Å². The lowest BCUT2D eigenvalue weighted by Gasteiger charge is -2.11. The van der Waals surface area contributed by atoms with Crippen LogP contribution in [0.5, 0.6) is 5.75 Å². The molecule has 0 bridgehead atoms. The Hall–Kier alpha value is -3.33. The number of anilines is 1. The van der Waals surface area contributed by atoms with E-state index < -0.39 is 0 Å². The van der Waals surface area contributed by atoms with Gasteiger partial charge in [0, 0.05) is 22.0 Å². The molecule has 0 spiro atoms. The van der Waals surface area contributed by atoms with Gasteiger partial charge >= 0.3 is 0 Å². The minimum Gasteiger partial charge on any atom is -0.507 e. The standard InChI is InChI=1S/C21H15NO2/c23-20-13-5-9-16-17(20)10-4-12-19(16)22-21(24)18-11-3-7-14-6-1-2-8-15(14)18/h1-13,23H,(H,22,24). The molecule has 0 radical (unpaired) electrons. The maximum Gasteiger partial charge on any atom is 0.256 e. The molecule has 0 aliphatic carbocycles. The Balaban J connectivity index is 1.78. The van der Waals surface area contributed by atoms with Crippen LogP contribution in [0.15, 0.2) is 78.9 Å². The number of amides is 1. The second kappa shape index (κ2) is 5.70. The van der Waals surface area contributed by atoms with E-state index in [0.29, 0.717) is 16.6 Å². The summed E-state index contributed by atoms with van der Waals surface area (Å²) in [5.74, 6) is 0.0383. The first-order valence-corrected chi connectivity index (χ1v) is 7.74. The van der Waals surface area contributed by atoms with Gasteiger partial charge < -0.3 is 10.4 Å². The summed E-state index contributed by atoms with van der Waals surface area (Å²) in [4.78, 5) is 12.8. The summed E-state index contributed by atoms with van der Waals surface area (Å²) in [6.07, 6.45) is 0. The molecule has 0 saturated heterocycles. The summed E-state index contributed by atoms with van der Waals surface area (Å²) >= 11 is 0. The van der Waals surface area contributed by atoms with Crippen LogP contribution in [0, 0.1) is 0 Å². The zero-order valence-corrected chi connectivity index (χ0v) is 12.9. The van der Waals surface area contributed by atoms with Crippen molar-refractivity contribution in [3.8, 4) is 5.75 Å². The van der Waals surface area contributed by atoms with Gasteiger partial charge in [0.1, 0.15) is 5.75 Å². The monoisotopic (exact) mass is 313 g/mol. The Labute approximate surface area is 139 Å². The first-order chi connectivity index (χ1) is 11.7. The highest BCUT2D eigenvalue weighted by atomic mass is 16.3. The Morgan fingerprint density at radius 3 is 2.29 bits per heavy atom. The molecule has 0 heterocycles. The molecule has 0 aliphatic heterocycles. The number of aromatic hydroxyl groups is 1. The van der Waals surface area contributed by atoms with Crippen molar-refractivity contribution in [3.63, 3.8) is 0 Å². The van der Waals surface area contributed by atoms with E-state index in [4.69, 9.17) is 0 Å². The van der Waals surface area contributed by atoms with Crippen molar-refractivity contribution in [2.24, 2.45) is 0 Å². The third-order valence-electron chi connectivity index (χ3n) is 4.18. The third-order valence-corrected chi connectivity index (χ3v) is 4.18. The predicted molar refractivity (Wildman–Crippen MR) is 97.5 cm³/mol. The lowest BCUT2D eigenvalue weighted by atomic mass is 10.0. The number of carbonyl (C=O) groups is 1. The minimum absolute atomic E-state index is 0.164. The minimum atomic E-state index is -0.164. The van der Waals surface area contributed by atoms with Crippen LogP contribution in [-0.2, 0) is 0 Å². The first-order valence-electron chi connectivity index (χ1n) is 7.74. The fraction of sp³-hybridized carbons (Fsp3) is 0. The lowest BCUT2D eigenvalue weighted by Crippen LogP contribution is -2.12. The molecule has 116 valence electrons. The number of hydrogen-bond donors (Lipinski definition) is 2. The topological polar surface area (TPSA) is 49.3 Å². The van der Waals surface area contributed by atoms with Gasteiger partial charge in [0.25, 0.3) is 5.91 Å². The molecule has 0 saturated carbocycles. The summed E-state index contributed by atoms with van der Waals surface area (Å²) in [5, 5.41) is 16.4. The molecular weight excluding hydrogens is 298 g/mol. The van der Waals surface area contributed by atoms with Crippen molar-refractivity contribution in [3.05, 3.63) is 84.4 Å². The van der Waals surface area contributed by atoms with Gasteiger partial charge in [0.05, 0.1) is 0 Å². The summed E-state index contributed by atoms with van der Waals surface area (Å²) in [6, 6.07) is 24.3. The van der Waals surface area contributed by atoms with Crippen molar-refractivity contribution in [2.45, 2.75) is 0 Å². The van der Waals surface area contributed by atoms with Crippen molar-refractivity contribution in [2.75, 3.05) is 5.32 Å². The van der Waals surface area contributed by atoms with E-state index >= 15 is 0 Å². The Bertz CT molecular complexity index is 1060. The van der Waals surface area contributed by atoms with Crippen LogP contribution >= 0.6 is 0 Å². The average Bonchev–Trinajstić information content (AvgIpc) is 2.62. The van der Waals surface area contributed by atoms with Crippen LogP contribution in [0.2, 0.25) is 0 Å². The molecule has 3 heteroatoms. The normalized spacial score (nSPS) is 10.8. The van der Waals surface area contributed by atoms with E-state index in [1.165, 1.54) is 0 Å². The average molecular weight is 313 g/mol. The molecule has 24 heavy (non-hydrogen) atoms. The maximum absolute atomic E-state index is 12.8. The van der Waals surface area contributed by atoms with Crippen molar-refractivity contribution >= 4 is 33.1 Å². The first kappa shape index (κ1) is 14.3. The van der Waals surface area contributed by atoms with E-state index in [9.17, 15) is 9.90 Å². The molecule has 1 amide bonds. The molecular formula is C21H15NO2. The van der Waals surface area contributed by atoms with Crippen molar-refractivity contribution in [1.29, 1.82) is 0 Å². The number of nitrogens with one attached hydrogen (secondary N) is 1. The van der Waals surface area contributed by atoms with Gasteiger partial charge in [0.15, 0.2) is 0 Å². The van der Waals surface area contributed by atoms with Gasteiger partial charge in [-0.2, -0.15) is 0 Å². The van der Waals surface area contributed by atoms with Crippen LogP contribution in [0.1, 0.15) is 10.4 Å². The molecule has 0 fully saturated rings. The molecule has 3 nitrogen and oxygen atoms in total.